The summed E-state index contributed by atoms with van der Waals surface area (Å²) < 4.78 is 33.9. The SMILES string of the molecule is CC1=C(CCOc2cc(C)cc(N(C(C)C(=O)O)S(=O)(=O)c3ccccc3Cl)c2)C=CC(=NN)C1. The number of carbonyl (C=O) groups is 1. The summed E-state index contributed by atoms with van der Waals surface area (Å²) in [7, 11) is -4.29. The van der Waals surface area contributed by atoms with Gasteiger partial charge in [-0.3, -0.25) is 4.31 Å². The predicted molar refractivity (Wildman–Crippen MR) is 138 cm³/mol. The summed E-state index contributed by atoms with van der Waals surface area (Å²) in [6.07, 6.45) is 5.15. The van der Waals surface area contributed by atoms with Gasteiger partial charge in [0.05, 0.1) is 23.0 Å². The molecule has 0 saturated carbocycles. The van der Waals surface area contributed by atoms with Crippen LogP contribution in [0.1, 0.15) is 32.3 Å². The molecule has 35 heavy (non-hydrogen) atoms. The number of aliphatic carboxylic acids is 1. The van der Waals surface area contributed by atoms with E-state index >= 15 is 0 Å². The normalized spacial score (nSPS) is 15.8. The van der Waals surface area contributed by atoms with E-state index in [1.807, 2.05) is 19.1 Å². The van der Waals surface area contributed by atoms with Crippen LogP contribution >= 0.6 is 11.6 Å². The number of nitrogens with zero attached hydrogens (tertiary/aromatic N) is 2. The minimum atomic E-state index is -4.29. The van der Waals surface area contributed by atoms with Crippen LogP contribution in [0.2, 0.25) is 5.02 Å². The molecule has 1 aliphatic carbocycles. The van der Waals surface area contributed by atoms with Gasteiger partial charge in [0.25, 0.3) is 10.0 Å². The van der Waals surface area contributed by atoms with Gasteiger partial charge in [-0.25, -0.2) is 13.2 Å². The minimum absolute atomic E-state index is 0.00577. The van der Waals surface area contributed by atoms with Crippen LogP contribution in [0, 0.1) is 6.92 Å². The van der Waals surface area contributed by atoms with Crippen molar-refractivity contribution in [3.05, 3.63) is 76.3 Å². The number of hydrazone groups is 1. The van der Waals surface area contributed by atoms with E-state index in [9.17, 15) is 18.3 Å². The highest BCUT2D eigenvalue weighted by Gasteiger charge is 2.35. The maximum atomic E-state index is 13.5. The van der Waals surface area contributed by atoms with Crippen LogP contribution in [-0.2, 0) is 14.8 Å². The molecule has 2 aromatic carbocycles. The summed E-state index contributed by atoms with van der Waals surface area (Å²) >= 11 is 6.16. The average molecular weight is 518 g/mol. The Morgan fingerprint density at radius 1 is 1.23 bits per heavy atom. The van der Waals surface area contributed by atoms with E-state index in [1.54, 1.807) is 25.1 Å². The molecule has 3 N–H and O–H groups in total. The van der Waals surface area contributed by atoms with E-state index in [0.29, 0.717) is 30.8 Å². The molecule has 1 unspecified atom stereocenters. The lowest BCUT2D eigenvalue weighted by Gasteiger charge is -2.29. The first-order valence-electron chi connectivity index (χ1n) is 10.9. The Kier molecular flexibility index (Phi) is 8.24. The fourth-order valence-corrected chi connectivity index (χ4v) is 5.91. The summed E-state index contributed by atoms with van der Waals surface area (Å²) in [6.45, 7) is 5.45. The number of carboxylic acids is 1. The first-order valence-corrected chi connectivity index (χ1v) is 12.8. The van der Waals surface area contributed by atoms with Crippen LogP contribution in [0.5, 0.6) is 5.75 Å². The van der Waals surface area contributed by atoms with Gasteiger partial charge in [0.15, 0.2) is 0 Å². The second kappa shape index (κ2) is 11.0. The summed E-state index contributed by atoms with van der Waals surface area (Å²) in [5, 5.41) is 13.4. The van der Waals surface area contributed by atoms with Gasteiger partial charge in [-0.1, -0.05) is 35.4 Å². The van der Waals surface area contributed by atoms with Crippen LogP contribution in [-0.4, -0.2) is 37.9 Å². The molecule has 0 radical (unpaired) electrons. The van der Waals surface area contributed by atoms with Crippen molar-refractivity contribution in [2.24, 2.45) is 10.9 Å². The molecule has 186 valence electrons. The zero-order valence-corrected chi connectivity index (χ0v) is 21.3. The lowest BCUT2D eigenvalue weighted by Crippen LogP contribution is -2.43. The van der Waals surface area contributed by atoms with Crippen molar-refractivity contribution in [1.29, 1.82) is 0 Å². The maximum Gasteiger partial charge on any atom is 0.327 e. The van der Waals surface area contributed by atoms with E-state index in [1.165, 1.54) is 31.2 Å². The third-order valence-corrected chi connectivity index (χ3v) is 8.05. The Labute approximate surface area is 210 Å². The molecular weight excluding hydrogens is 490 g/mol. The number of allylic oxidation sites excluding steroid dienone is 3. The quantitative estimate of drug-likeness (QED) is 0.368. The Balaban J connectivity index is 1.91. The first-order chi connectivity index (χ1) is 16.5. The molecule has 10 heteroatoms. The molecule has 1 aliphatic rings. The molecule has 0 aliphatic heterocycles. The molecule has 0 spiro atoms. The van der Waals surface area contributed by atoms with Crippen molar-refractivity contribution in [3.63, 3.8) is 0 Å². The highest BCUT2D eigenvalue weighted by molar-refractivity contribution is 7.93. The van der Waals surface area contributed by atoms with Gasteiger partial charge in [0, 0.05) is 18.9 Å². The maximum absolute atomic E-state index is 13.5. The fourth-order valence-electron chi connectivity index (χ4n) is 3.82. The summed E-state index contributed by atoms with van der Waals surface area (Å²) in [4.78, 5) is 11.7. The molecule has 2 aromatic rings. The third kappa shape index (κ3) is 6.04. The number of sulfonamides is 1. The monoisotopic (exact) mass is 517 g/mol. The zero-order valence-electron chi connectivity index (χ0n) is 19.7. The molecular formula is C25H28ClN3O5S. The van der Waals surface area contributed by atoms with E-state index in [4.69, 9.17) is 22.2 Å². The van der Waals surface area contributed by atoms with Gasteiger partial charge in [-0.05, 0) is 62.2 Å². The van der Waals surface area contributed by atoms with Crippen LogP contribution in [0.4, 0.5) is 5.69 Å². The lowest BCUT2D eigenvalue weighted by atomic mass is 9.96. The molecule has 0 fully saturated rings. The number of anilines is 1. The standard InChI is InChI=1S/C25H28ClN3O5S/c1-16-12-21(15-22(13-16)34-11-10-19-8-9-20(28-27)14-17(19)2)29(18(3)25(30)31)35(32,33)24-7-5-4-6-23(24)26/h4-9,12-13,15,18H,10-11,14,27H2,1-3H3,(H,30,31). The first kappa shape index (κ1) is 26.3. The number of hydrogen-bond donors (Lipinski definition) is 2. The minimum Gasteiger partial charge on any atom is -0.493 e. The van der Waals surface area contributed by atoms with Gasteiger partial charge in [-0.15, -0.1) is 0 Å². The number of hydrogen-bond acceptors (Lipinski definition) is 6. The Morgan fingerprint density at radius 2 is 1.94 bits per heavy atom. The van der Waals surface area contributed by atoms with Crippen LogP contribution in [0.25, 0.3) is 0 Å². The Hall–Kier alpha value is -3.30. The van der Waals surface area contributed by atoms with E-state index < -0.39 is 22.0 Å². The average Bonchev–Trinajstić information content (AvgIpc) is 2.79. The summed E-state index contributed by atoms with van der Waals surface area (Å²) in [5.74, 6) is 4.49. The second-order valence-corrected chi connectivity index (χ2v) is 10.5. The second-order valence-electron chi connectivity index (χ2n) is 8.28. The highest BCUT2D eigenvalue weighted by atomic mass is 35.5. The predicted octanol–water partition coefficient (Wildman–Crippen LogP) is 4.68. The van der Waals surface area contributed by atoms with E-state index in [0.717, 1.165) is 21.2 Å². The van der Waals surface area contributed by atoms with Crippen molar-refractivity contribution >= 4 is 39.0 Å². The molecule has 8 nitrogen and oxygen atoms in total. The zero-order chi connectivity index (χ0) is 25.8. The number of ether oxygens (including phenoxy) is 1. The van der Waals surface area contributed by atoms with Crippen molar-refractivity contribution in [1.82, 2.24) is 0 Å². The molecule has 0 aromatic heterocycles. The summed E-state index contributed by atoms with van der Waals surface area (Å²) in [6, 6.07) is 9.45. The van der Waals surface area contributed by atoms with Gasteiger partial charge in [0.1, 0.15) is 16.7 Å². The van der Waals surface area contributed by atoms with Crippen LogP contribution in [0.3, 0.4) is 0 Å². The Morgan fingerprint density at radius 3 is 2.57 bits per heavy atom. The van der Waals surface area contributed by atoms with Crippen LogP contribution in [0.15, 0.2) is 75.8 Å². The van der Waals surface area contributed by atoms with Crippen molar-refractivity contribution in [2.75, 3.05) is 10.9 Å². The van der Waals surface area contributed by atoms with Crippen molar-refractivity contribution in [2.45, 2.75) is 44.6 Å². The molecule has 3 rings (SSSR count). The summed E-state index contributed by atoms with van der Waals surface area (Å²) in [5.41, 5.74) is 3.96. The number of halogens is 1. The fraction of sp³-hybridized carbons (Fsp3) is 0.280. The number of carboxylic acid groups (broad SMARTS) is 1. The molecule has 0 heterocycles. The van der Waals surface area contributed by atoms with Gasteiger partial charge in [-0.2, -0.15) is 5.10 Å². The molecule has 0 saturated heterocycles. The van der Waals surface area contributed by atoms with E-state index in [-0.39, 0.29) is 15.6 Å². The smallest absolute Gasteiger partial charge is 0.327 e. The van der Waals surface area contributed by atoms with Crippen LogP contribution < -0.4 is 14.9 Å². The molecule has 0 bridgehead atoms. The van der Waals surface area contributed by atoms with Crippen molar-refractivity contribution < 1.29 is 23.1 Å². The van der Waals surface area contributed by atoms with Crippen molar-refractivity contribution in [3.8, 4) is 5.75 Å². The number of rotatable bonds is 9. The van der Waals surface area contributed by atoms with Gasteiger partial charge >= 0.3 is 5.97 Å². The Bertz CT molecular complexity index is 1320. The van der Waals surface area contributed by atoms with Gasteiger partial charge in [0.2, 0.25) is 0 Å². The van der Waals surface area contributed by atoms with E-state index in [2.05, 4.69) is 5.10 Å². The highest BCUT2D eigenvalue weighted by Crippen LogP contribution is 2.33. The molecule has 1 atom stereocenters. The number of aryl methyl sites for hydroxylation is 1. The number of nitrogens with two attached hydrogens (primary N) is 1. The largest absolute Gasteiger partial charge is 0.493 e. The third-order valence-electron chi connectivity index (χ3n) is 5.65. The lowest BCUT2D eigenvalue weighted by molar-refractivity contribution is -0.137. The van der Waals surface area contributed by atoms with Gasteiger partial charge < -0.3 is 15.7 Å². The topological polar surface area (TPSA) is 122 Å². The number of benzene rings is 2. The molecule has 0 amide bonds.